The molecule has 1 unspecified atom stereocenters. The molecule has 2 aromatic carbocycles. The molecule has 0 saturated carbocycles. The van der Waals surface area contributed by atoms with Crippen molar-refractivity contribution >= 4 is 5.91 Å². The van der Waals surface area contributed by atoms with Crippen LogP contribution in [0.2, 0.25) is 0 Å². The molecule has 0 spiro atoms. The van der Waals surface area contributed by atoms with Crippen LogP contribution < -0.4 is 5.32 Å². The van der Waals surface area contributed by atoms with E-state index in [9.17, 15) is 4.79 Å². The van der Waals surface area contributed by atoms with Gasteiger partial charge in [0.2, 0.25) is 0 Å². The molecule has 0 fully saturated rings. The number of benzene rings is 2. The number of hydrogen-bond acceptors (Lipinski definition) is 2. The van der Waals surface area contributed by atoms with Crippen LogP contribution in [0.5, 0.6) is 0 Å². The van der Waals surface area contributed by atoms with Gasteiger partial charge in [-0.3, -0.25) is 9.89 Å². The third kappa shape index (κ3) is 3.20. The first-order valence-electron chi connectivity index (χ1n) is 8.77. The zero-order valence-corrected chi connectivity index (χ0v) is 14.0. The van der Waals surface area contributed by atoms with Gasteiger partial charge in [0.05, 0.1) is 17.5 Å². The van der Waals surface area contributed by atoms with Gasteiger partial charge in [-0.2, -0.15) is 5.10 Å². The van der Waals surface area contributed by atoms with E-state index in [1.54, 1.807) is 6.20 Å². The van der Waals surface area contributed by atoms with Crippen molar-refractivity contribution in [1.29, 1.82) is 0 Å². The Balaban J connectivity index is 1.49. The molecule has 2 N–H and O–H groups in total. The molecule has 3 aromatic rings. The first-order valence-corrected chi connectivity index (χ1v) is 8.77. The number of aryl methyl sites for hydroxylation is 1. The van der Waals surface area contributed by atoms with E-state index in [0.29, 0.717) is 18.0 Å². The molecular formula is C21H21N3O. The number of nitrogens with one attached hydrogen (secondary N) is 2. The van der Waals surface area contributed by atoms with Gasteiger partial charge in [-0.05, 0) is 30.4 Å². The summed E-state index contributed by atoms with van der Waals surface area (Å²) in [5.74, 6) is 0.316. The van der Waals surface area contributed by atoms with Gasteiger partial charge in [0.1, 0.15) is 0 Å². The lowest BCUT2D eigenvalue weighted by Gasteiger charge is -2.25. The van der Waals surface area contributed by atoms with Gasteiger partial charge in [-0.15, -0.1) is 0 Å². The van der Waals surface area contributed by atoms with Crippen LogP contribution in [0, 0.1) is 0 Å². The Morgan fingerprint density at radius 3 is 2.80 bits per heavy atom. The average molecular weight is 331 g/mol. The Morgan fingerprint density at radius 1 is 1.12 bits per heavy atom. The Morgan fingerprint density at radius 2 is 1.92 bits per heavy atom. The van der Waals surface area contributed by atoms with E-state index in [1.807, 2.05) is 30.3 Å². The largest absolute Gasteiger partial charge is 0.351 e. The van der Waals surface area contributed by atoms with Crippen molar-refractivity contribution in [2.75, 3.05) is 6.54 Å². The minimum atomic E-state index is -0.0735. The van der Waals surface area contributed by atoms with Crippen molar-refractivity contribution in [3.63, 3.8) is 0 Å². The van der Waals surface area contributed by atoms with Crippen molar-refractivity contribution < 1.29 is 4.79 Å². The summed E-state index contributed by atoms with van der Waals surface area (Å²) in [6.07, 6.45) is 5.04. The van der Waals surface area contributed by atoms with Crippen LogP contribution in [0.15, 0.2) is 60.8 Å². The Hall–Kier alpha value is -2.88. The molecule has 0 saturated heterocycles. The van der Waals surface area contributed by atoms with Crippen LogP contribution in [0.25, 0.3) is 11.3 Å². The number of fused-ring (bicyclic) bond motifs is 1. The third-order valence-electron chi connectivity index (χ3n) is 4.95. The number of carbonyl (C=O) groups excluding carboxylic acids is 1. The monoisotopic (exact) mass is 331 g/mol. The van der Waals surface area contributed by atoms with Crippen LogP contribution in [0.1, 0.15) is 40.2 Å². The summed E-state index contributed by atoms with van der Waals surface area (Å²) in [4.78, 5) is 12.7. The predicted octanol–water partition coefficient (Wildman–Crippen LogP) is 3.93. The summed E-state index contributed by atoms with van der Waals surface area (Å²) in [7, 11) is 0. The number of amides is 1. The molecule has 0 bridgehead atoms. The molecule has 0 aliphatic heterocycles. The van der Waals surface area contributed by atoms with Crippen molar-refractivity contribution in [3.05, 3.63) is 77.5 Å². The maximum Gasteiger partial charge on any atom is 0.255 e. The third-order valence-corrected chi connectivity index (χ3v) is 4.95. The van der Waals surface area contributed by atoms with Crippen LogP contribution in [0.4, 0.5) is 0 Å². The number of H-pyrrole nitrogens is 1. The summed E-state index contributed by atoms with van der Waals surface area (Å²) >= 11 is 0. The van der Waals surface area contributed by atoms with Gasteiger partial charge >= 0.3 is 0 Å². The highest BCUT2D eigenvalue weighted by molar-refractivity contribution is 5.99. The topological polar surface area (TPSA) is 57.8 Å². The van der Waals surface area contributed by atoms with Crippen molar-refractivity contribution in [2.45, 2.75) is 25.2 Å². The SMILES string of the molecule is O=C(NCC1CCCc2ccccc21)c1cn[nH]c1-c1ccccc1. The lowest BCUT2D eigenvalue weighted by Crippen LogP contribution is -2.30. The van der Waals surface area contributed by atoms with Gasteiger partial charge in [-0.1, -0.05) is 54.6 Å². The summed E-state index contributed by atoms with van der Waals surface area (Å²) in [5, 5.41) is 10.1. The van der Waals surface area contributed by atoms with Crippen LogP contribution in [-0.4, -0.2) is 22.6 Å². The van der Waals surface area contributed by atoms with Crippen molar-refractivity contribution in [2.24, 2.45) is 0 Å². The fraction of sp³-hybridized carbons (Fsp3) is 0.238. The second-order valence-corrected chi connectivity index (χ2v) is 6.52. The highest BCUT2D eigenvalue weighted by Crippen LogP contribution is 2.31. The molecule has 1 aliphatic carbocycles. The number of aromatic nitrogens is 2. The summed E-state index contributed by atoms with van der Waals surface area (Å²) in [6.45, 7) is 0.662. The summed E-state index contributed by atoms with van der Waals surface area (Å²) in [6, 6.07) is 18.4. The van der Waals surface area contributed by atoms with Gasteiger partial charge in [0.25, 0.3) is 5.91 Å². The first kappa shape index (κ1) is 15.6. The van der Waals surface area contributed by atoms with E-state index in [-0.39, 0.29) is 5.91 Å². The predicted molar refractivity (Wildman–Crippen MR) is 98.5 cm³/mol. The Labute approximate surface area is 147 Å². The standard InChI is InChI=1S/C21H21N3O/c25-21(19-14-23-24-20(19)16-8-2-1-3-9-16)22-13-17-11-6-10-15-7-4-5-12-18(15)17/h1-5,7-9,12,14,17H,6,10-11,13H2,(H,22,25)(H,23,24). The number of aromatic amines is 1. The maximum absolute atomic E-state index is 12.7. The van der Waals surface area contributed by atoms with E-state index in [2.05, 4.69) is 39.8 Å². The second-order valence-electron chi connectivity index (χ2n) is 6.52. The normalized spacial score (nSPS) is 16.2. The number of rotatable bonds is 4. The fourth-order valence-corrected chi connectivity index (χ4v) is 3.66. The van der Waals surface area contributed by atoms with E-state index < -0.39 is 0 Å². The molecule has 1 amide bonds. The van der Waals surface area contributed by atoms with Gasteiger partial charge < -0.3 is 5.32 Å². The van der Waals surface area contributed by atoms with Gasteiger partial charge in [0, 0.05) is 18.0 Å². The summed E-state index contributed by atoms with van der Waals surface area (Å²) < 4.78 is 0. The van der Waals surface area contributed by atoms with Crippen LogP contribution in [-0.2, 0) is 6.42 Å². The minimum absolute atomic E-state index is 0.0735. The summed E-state index contributed by atoms with van der Waals surface area (Å²) in [5.41, 5.74) is 5.12. The fourth-order valence-electron chi connectivity index (χ4n) is 3.66. The molecule has 126 valence electrons. The molecule has 1 atom stereocenters. The molecule has 25 heavy (non-hydrogen) atoms. The van der Waals surface area contributed by atoms with E-state index in [1.165, 1.54) is 17.5 Å². The smallest absolute Gasteiger partial charge is 0.255 e. The molecule has 1 aromatic heterocycles. The minimum Gasteiger partial charge on any atom is -0.351 e. The highest BCUT2D eigenvalue weighted by Gasteiger charge is 2.21. The number of hydrogen-bond donors (Lipinski definition) is 2. The van der Waals surface area contributed by atoms with E-state index in [4.69, 9.17) is 0 Å². The van der Waals surface area contributed by atoms with Crippen molar-refractivity contribution in [1.82, 2.24) is 15.5 Å². The highest BCUT2D eigenvalue weighted by atomic mass is 16.1. The average Bonchev–Trinajstić information content (AvgIpc) is 3.17. The Kier molecular flexibility index (Phi) is 4.34. The molecular weight excluding hydrogens is 310 g/mol. The van der Waals surface area contributed by atoms with Gasteiger partial charge in [-0.25, -0.2) is 0 Å². The van der Waals surface area contributed by atoms with Crippen molar-refractivity contribution in [3.8, 4) is 11.3 Å². The molecule has 1 heterocycles. The van der Waals surface area contributed by atoms with Gasteiger partial charge in [0.15, 0.2) is 0 Å². The van der Waals surface area contributed by atoms with E-state index in [0.717, 1.165) is 24.1 Å². The second kappa shape index (κ2) is 6.93. The first-order chi connectivity index (χ1) is 12.3. The zero-order chi connectivity index (χ0) is 17.1. The zero-order valence-electron chi connectivity index (χ0n) is 14.0. The van der Waals surface area contributed by atoms with E-state index >= 15 is 0 Å². The van der Waals surface area contributed by atoms with Crippen LogP contribution >= 0.6 is 0 Å². The number of carbonyl (C=O) groups is 1. The molecule has 1 aliphatic rings. The molecule has 4 rings (SSSR count). The lowest BCUT2D eigenvalue weighted by molar-refractivity contribution is 0.0951. The number of nitrogens with zero attached hydrogens (tertiary/aromatic N) is 1. The molecule has 4 nitrogen and oxygen atoms in total. The van der Waals surface area contributed by atoms with Crippen LogP contribution in [0.3, 0.4) is 0 Å². The molecule has 0 radical (unpaired) electrons. The lowest BCUT2D eigenvalue weighted by atomic mass is 9.83. The quantitative estimate of drug-likeness (QED) is 0.761. The maximum atomic E-state index is 12.7. The Bertz CT molecular complexity index is 870. The molecule has 4 heteroatoms.